The fraction of sp³-hybridized carbons (Fsp3) is 0.625. The number of hydrogen-bond donors (Lipinski definition) is 2. The lowest BCUT2D eigenvalue weighted by Gasteiger charge is -2.32. The molecule has 8 heteroatoms. The summed E-state index contributed by atoms with van der Waals surface area (Å²) in [6.45, 7) is 3.59. The smallest absolute Gasteiger partial charge is 0.311 e. The Morgan fingerprint density at radius 1 is 1.50 bits per heavy atom. The van der Waals surface area contributed by atoms with Gasteiger partial charge >= 0.3 is 5.97 Å². The van der Waals surface area contributed by atoms with Crippen molar-refractivity contribution in [3.63, 3.8) is 0 Å². The van der Waals surface area contributed by atoms with Crippen LogP contribution in [-0.2, 0) is 20.8 Å². The summed E-state index contributed by atoms with van der Waals surface area (Å²) in [5.41, 5.74) is 0.0579. The van der Waals surface area contributed by atoms with Gasteiger partial charge in [-0.2, -0.15) is 0 Å². The molecule has 2 aliphatic heterocycles. The standard InChI is InChI=1S/C15H20N2O3S.CH2O2/c1-3-15(14(19)20)7-11-4-5-12(15)17(11)13(18)6-10-8-21-9(2)16-10;2-1-3/h8,11-12H,3-7H2,1-2H3,(H,19,20);1H,(H,2,3)/t11-,12+,15+;/m0./s1. The number of carboxylic acids is 1. The van der Waals surface area contributed by atoms with Gasteiger partial charge in [-0.05, 0) is 32.6 Å². The van der Waals surface area contributed by atoms with Crippen molar-refractivity contribution < 1.29 is 24.6 Å². The Balaban J connectivity index is 0.000000647. The van der Waals surface area contributed by atoms with Crippen molar-refractivity contribution >= 4 is 29.7 Å². The maximum atomic E-state index is 12.6. The predicted octanol–water partition coefficient (Wildman–Crippen LogP) is 1.94. The van der Waals surface area contributed by atoms with E-state index in [4.69, 9.17) is 9.90 Å². The van der Waals surface area contributed by atoms with Gasteiger partial charge in [-0.15, -0.1) is 11.3 Å². The van der Waals surface area contributed by atoms with Gasteiger partial charge in [0.05, 0.1) is 22.5 Å². The summed E-state index contributed by atoms with van der Waals surface area (Å²) in [7, 11) is 0. The molecule has 24 heavy (non-hydrogen) atoms. The van der Waals surface area contributed by atoms with Crippen LogP contribution in [0.4, 0.5) is 0 Å². The molecular formula is C16H22N2O5S. The number of carbonyl (C=O) groups excluding carboxylic acids is 1. The highest BCUT2D eigenvalue weighted by molar-refractivity contribution is 7.09. The Hall–Kier alpha value is -1.96. The van der Waals surface area contributed by atoms with Crippen LogP contribution in [0.3, 0.4) is 0 Å². The lowest BCUT2D eigenvalue weighted by Crippen LogP contribution is -2.45. The number of amides is 1. The molecule has 0 saturated carbocycles. The fourth-order valence-corrected chi connectivity index (χ4v) is 4.67. The molecule has 2 aliphatic rings. The van der Waals surface area contributed by atoms with E-state index in [9.17, 15) is 14.7 Å². The zero-order chi connectivity index (χ0) is 17.9. The topological polar surface area (TPSA) is 108 Å². The first-order valence-corrected chi connectivity index (χ1v) is 8.81. The molecule has 0 radical (unpaired) electrons. The number of fused-ring (bicyclic) bond motifs is 2. The molecule has 2 bridgehead atoms. The number of carbonyl (C=O) groups is 3. The molecule has 3 heterocycles. The van der Waals surface area contributed by atoms with Crippen LogP contribution in [0, 0.1) is 12.3 Å². The van der Waals surface area contributed by atoms with Crippen LogP contribution in [-0.4, -0.2) is 50.5 Å². The minimum atomic E-state index is -0.750. The Bertz CT molecular complexity index is 632. The van der Waals surface area contributed by atoms with E-state index in [1.165, 1.54) is 11.3 Å². The number of nitrogens with zero attached hydrogens (tertiary/aromatic N) is 2. The van der Waals surface area contributed by atoms with Crippen LogP contribution in [0.2, 0.25) is 0 Å². The van der Waals surface area contributed by atoms with Crippen molar-refractivity contribution in [1.29, 1.82) is 0 Å². The van der Waals surface area contributed by atoms with Crippen LogP contribution < -0.4 is 0 Å². The average Bonchev–Trinajstić information content (AvgIpc) is 3.21. The van der Waals surface area contributed by atoms with Crippen molar-refractivity contribution in [2.75, 3.05) is 0 Å². The largest absolute Gasteiger partial charge is 0.483 e. The first-order valence-electron chi connectivity index (χ1n) is 7.93. The second kappa shape index (κ2) is 7.29. The lowest BCUT2D eigenvalue weighted by molar-refractivity contribution is -0.151. The highest BCUT2D eigenvalue weighted by Crippen LogP contribution is 2.52. The normalized spacial score (nSPS) is 27.5. The van der Waals surface area contributed by atoms with Crippen LogP contribution in [0.15, 0.2) is 5.38 Å². The molecule has 2 N–H and O–H groups in total. The van der Waals surface area contributed by atoms with E-state index < -0.39 is 11.4 Å². The van der Waals surface area contributed by atoms with Crippen LogP contribution in [0.25, 0.3) is 0 Å². The SMILES string of the molecule is CC[C@@]1(C(=O)O)C[C@@H]2CC[C@H]1N2C(=O)Cc1csc(C)n1.O=CO. The van der Waals surface area contributed by atoms with Gasteiger partial charge in [-0.25, -0.2) is 4.98 Å². The number of aromatic nitrogens is 1. The number of aryl methyl sites for hydroxylation is 1. The zero-order valence-corrected chi connectivity index (χ0v) is 14.6. The predicted molar refractivity (Wildman–Crippen MR) is 87.9 cm³/mol. The average molecular weight is 354 g/mol. The van der Waals surface area contributed by atoms with Gasteiger partial charge in [0, 0.05) is 17.5 Å². The monoisotopic (exact) mass is 354 g/mol. The summed E-state index contributed by atoms with van der Waals surface area (Å²) < 4.78 is 0. The van der Waals surface area contributed by atoms with Gasteiger partial charge in [-0.1, -0.05) is 6.92 Å². The molecule has 0 spiro atoms. The summed E-state index contributed by atoms with van der Waals surface area (Å²) in [4.78, 5) is 38.9. The minimum absolute atomic E-state index is 0.0318. The first-order chi connectivity index (χ1) is 11.4. The molecule has 132 valence electrons. The maximum absolute atomic E-state index is 12.6. The summed E-state index contributed by atoms with van der Waals surface area (Å²) in [5.74, 6) is -0.719. The first kappa shape index (κ1) is 18.4. The third-order valence-electron chi connectivity index (χ3n) is 5.08. The Morgan fingerprint density at radius 2 is 2.17 bits per heavy atom. The quantitative estimate of drug-likeness (QED) is 0.800. The van der Waals surface area contributed by atoms with E-state index in [0.29, 0.717) is 12.8 Å². The highest BCUT2D eigenvalue weighted by Gasteiger charge is 2.60. The highest BCUT2D eigenvalue weighted by atomic mass is 32.1. The van der Waals surface area contributed by atoms with Gasteiger partial charge in [0.25, 0.3) is 6.47 Å². The van der Waals surface area contributed by atoms with E-state index in [2.05, 4.69) is 4.98 Å². The van der Waals surface area contributed by atoms with Crippen molar-refractivity contribution in [2.45, 2.75) is 58.0 Å². The number of carboxylic acid groups (broad SMARTS) is 2. The van der Waals surface area contributed by atoms with Crippen molar-refractivity contribution in [1.82, 2.24) is 9.88 Å². The molecule has 2 fully saturated rings. The van der Waals surface area contributed by atoms with Gasteiger partial charge in [0.1, 0.15) is 0 Å². The van der Waals surface area contributed by atoms with Gasteiger partial charge in [0.2, 0.25) is 5.91 Å². The minimum Gasteiger partial charge on any atom is -0.483 e. The molecule has 2 saturated heterocycles. The molecule has 7 nitrogen and oxygen atoms in total. The number of thiazole rings is 1. The van der Waals surface area contributed by atoms with Gasteiger partial charge in [-0.3, -0.25) is 14.4 Å². The van der Waals surface area contributed by atoms with Crippen molar-refractivity contribution in [3.8, 4) is 0 Å². The van der Waals surface area contributed by atoms with Crippen LogP contribution in [0.5, 0.6) is 0 Å². The van der Waals surface area contributed by atoms with Gasteiger partial charge in [0.15, 0.2) is 0 Å². The number of hydrogen-bond acceptors (Lipinski definition) is 5. The van der Waals surface area contributed by atoms with Crippen LogP contribution >= 0.6 is 11.3 Å². The summed E-state index contributed by atoms with van der Waals surface area (Å²) in [6, 6.07) is -0.0458. The third-order valence-corrected chi connectivity index (χ3v) is 5.91. The van der Waals surface area contributed by atoms with E-state index in [1.807, 2.05) is 24.1 Å². The van der Waals surface area contributed by atoms with E-state index in [0.717, 1.165) is 23.5 Å². The summed E-state index contributed by atoms with van der Waals surface area (Å²) in [6.07, 6.45) is 3.22. The molecule has 0 aliphatic carbocycles. The second-order valence-corrected chi connectivity index (χ2v) is 7.27. The van der Waals surface area contributed by atoms with E-state index >= 15 is 0 Å². The zero-order valence-electron chi connectivity index (χ0n) is 13.8. The van der Waals surface area contributed by atoms with Crippen molar-refractivity contribution in [2.24, 2.45) is 5.41 Å². The molecule has 0 aromatic carbocycles. The number of aliphatic carboxylic acids is 1. The van der Waals surface area contributed by atoms with Gasteiger partial charge < -0.3 is 15.1 Å². The summed E-state index contributed by atoms with van der Waals surface area (Å²) >= 11 is 1.54. The Kier molecular flexibility index (Phi) is 5.58. The molecule has 3 rings (SSSR count). The molecular weight excluding hydrogens is 332 g/mol. The second-order valence-electron chi connectivity index (χ2n) is 6.21. The molecule has 1 aromatic rings. The van der Waals surface area contributed by atoms with E-state index in [-0.39, 0.29) is 30.9 Å². The van der Waals surface area contributed by atoms with Crippen molar-refractivity contribution in [3.05, 3.63) is 16.1 Å². The Labute approximate surface area is 144 Å². The summed E-state index contributed by atoms with van der Waals surface area (Å²) in [5, 5.41) is 19.4. The Morgan fingerprint density at radius 3 is 2.62 bits per heavy atom. The van der Waals surface area contributed by atoms with Crippen LogP contribution in [0.1, 0.15) is 43.3 Å². The lowest BCUT2D eigenvalue weighted by atomic mass is 9.72. The molecule has 0 unspecified atom stereocenters. The number of rotatable bonds is 4. The fourth-order valence-electron chi connectivity index (χ4n) is 4.06. The molecule has 1 aromatic heterocycles. The maximum Gasteiger partial charge on any atom is 0.311 e. The van der Waals surface area contributed by atoms with E-state index in [1.54, 1.807) is 0 Å². The molecule has 1 amide bonds. The molecule has 3 atom stereocenters. The third kappa shape index (κ3) is 3.15.